The molecule has 3 unspecified atom stereocenters. The molecule has 0 aromatic carbocycles. The molecule has 3 atom stereocenters. The van der Waals surface area contributed by atoms with Gasteiger partial charge in [0.1, 0.15) is 0 Å². The van der Waals surface area contributed by atoms with E-state index in [4.69, 9.17) is 0 Å². The number of carbonyl (C=O) groups excluding carboxylic acids is 3. The second-order valence-corrected chi connectivity index (χ2v) is 7.70. The fourth-order valence-corrected chi connectivity index (χ4v) is 2.82. The van der Waals surface area contributed by atoms with Crippen LogP contribution in [0.5, 0.6) is 0 Å². The van der Waals surface area contributed by atoms with Gasteiger partial charge in [-0.3, -0.25) is 0 Å². The summed E-state index contributed by atoms with van der Waals surface area (Å²) in [6, 6.07) is 0. The Balaban J connectivity index is -0.000000174. The first-order valence-electron chi connectivity index (χ1n) is 11.8. The van der Waals surface area contributed by atoms with Gasteiger partial charge in [0, 0.05) is 35.3 Å². The smallest absolute Gasteiger partial charge is 0.0445 e. The van der Waals surface area contributed by atoms with Crippen molar-refractivity contribution in [2.75, 3.05) is 0 Å². The Kier molecular flexibility index (Phi) is 32.4. The number of aliphatic carboxylic acids is 3. The van der Waals surface area contributed by atoms with Crippen LogP contribution in [0.1, 0.15) is 119 Å². The van der Waals surface area contributed by atoms with E-state index in [9.17, 15) is 29.7 Å². The van der Waals surface area contributed by atoms with Crippen molar-refractivity contribution in [1.29, 1.82) is 0 Å². The van der Waals surface area contributed by atoms with Crippen LogP contribution >= 0.6 is 0 Å². The fourth-order valence-electron chi connectivity index (χ4n) is 2.82. The van der Waals surface area contributed by atoms with Crippen molar-refractivity contribution in [3.05, 3.63) is 0 Å². The molecule has 0 aliphatic carbocycles. The molecule has 0 amide bonds. The van der Waals surface area contributed by atoms with E-state index in [1.807, 2.05) is 20.8 Å². The number of hydrogen-bond acceptors (Lipinski definition) is 6. The SMILES string of the molecule is CCCCC(CC)C(=O)[O-].CCCCC(CC)C(=O)[O-].CCCCC(CC)C(=O)[O-].[Cr]. The second kappa shape index (κ2) is 27.0. The zero-order valence-corrected chi connectivity index (χ0v) is 21.9. The van der Waals surface area contributed by atoms with Gasteiger partial charge in [0.25, 0.3) is 0 Å². The van der Waals surface area contributed by atoms with E-state index in [2.05, 4.69) is 20.8 Å². The fraction of sp³-hybridized carbons (Fsp3) is 0.875. The third-order valence-electron chi connectivity index (χ3n) is 5.20. The summed E-state index contributed by atoms with van der Waals surface area (Å²) < 4.78 is 0. The first-order valence-corrected chi connectivity index (χ1v) is 11.8. The molecule has 0 aliphatic rings. The van der Waals surface area contributed by atoms with Crippen LogP contribution in [0.4, 0.5) is 0 Å². The molecule has 0 heterocycles. The van der Waals surface area contributed by atoms with E-state index in [0.29, 0.717) is 19.3 Å². The van der Waals surface area contributed by atoms with Crippen molar-refractivity contribution < 1.29 is 47.1 Å². The van der Waals surface area contributed by atoms with Crippen molar-refractivity contribution in [2.24, 2.45) is 17.8 Å². The Labute approximate surface area is 201 Å². The molecular weight excluding hydrogens is 436 g/mol. The maximum atomic E-state index is 10.3. The monoisotopic (exact) mass is 481 g/mol. The van der Waals surface area contributed by atoms with Gasteiger partial charge in [0.2, 0.25) is 0 Å². The number of rotatable bonds is 15. The maximum absolute atomic E-state index is 10.3. The standard InChI is InChI=1S/3C8H16O2.Cr/c3*1-3-5-6-7(4-2)8(9)10;/h3*7H,3-6H2,1-2H3,(H,9,10);/p-3. The van der Waals surface area contributed by atoms with E-state index in [1.54, 1.807) is 0 Å². The van der Waals surface area contributed by atoms with Crippen molar-refractivity contribution in [1.82, 2.24) is 0 Å². The van der Waals surface area contributed by atoms with E-state index in [1.165, 1.54) is 0 Å². The molecule has 31 heavy (non-hydrogen) atoms. The molecule has 6 nitrogen and oxygen atoms in total. The van der Waals surface area contributed by atoms with Crippen LogP contribution in [0.15, 0.2) is 0 Å². The van der Waals surface area contributed by atoms with Crippen molar-refractivity contribution >= 4 is 17.9 Å². The van der Waals surface area contributed by atoms with Crippen LogP contribution in [-0.2, 0) is 31.7 Å². The molecule has 0 fully saturated rings. The minimum atomic E-state index is -0.893. The summed E-state index contributed by atoms with van der Waals surface area (Å²) in [6.07, 6.45) is 10.6. The Morgan fingerprint density at radius 3 is 0.806 bits per heavy atom. The van der Waals surface area contributed by atoms with Gasteiger partial charge in [-0.15, -0.1) is 0 Å². The number of hydrogen-bond donors (Lipinski definition) is 0. The number of carboxylic acid groups (broad SMARTS) is 3. The van der Waals surface area contributed by atoms with Crippen LogP contribution in [0, 0.1) is 17.8 Å². The summed E-state index contributed by atoms with van der Waals surface area (Å²) in [4.78, 5) is 31.0. The van der Waals surface area contributed by atoms with Gasteiger partial charge >= 0.3 is 0 Å². The quantitative estimate of drug-likeness (QED) is 0.355. The molecule has 0 bridgehead atoms. The molecule has 0 aromatic rings. The summed E-state index contributed by atoms with van der Waals surface area (Å²) in [7, 11) is 0. The summed E-state index contributed by atoms with van der Waals surface area (Å²) >= 11 is 0. The van der Waals surface area contributed by atoms with Gasteiger partial charge < -0.3 is 29.7 Å². The maximum Gasteiger partial charge on any atom is 0.0445 e. The Bertz CT molecular complexity index is 366. The minimum Gasteiger partial charge on any atom is -0.550 e. The van der Waals surface area contributed by atoms with E-state index >= 15 is 0 Å². The van der Waals surface area contributed by atoms with Crippen LogP contribution in [0.3, 0.4) is 0 Å². The largest absolute Gasteiger partial charge is 0.550 e. The number of carbonyl (C=O) groups is 3. The Morgan fingerprint density at radius 2 is 0.710 bits per heavy atom. The minimum absolute atomic E-state index is 0. The summed E-state index contributed by atoms with van der Waals surface area (Å²) in [5.41, 5.74) is 0. The van der Waals surface area contributed by atoms with Gasteiger partial charge in [-0.2, -0.15) is 0 Å². The molecule has 0 aromatic heterocycles. The molecule has 0 saturated carbocycles. The van der Waals surface area contributed by atoms with E-state index in [0.717, 1.165) is 57.8 Å². The molecule has 0 saturated heterocycles. The zero-order chi connectivity index (χ0) is 23.9. The topological polar surface area (TPSA) is 120 Å². The Hall–Kier alpha value is -1.06. The number of carboxylic acids is 3. The van der Waals surface area contributed by atoms with Crippen LogP contribution in [-0.4, -0.2) is 17.9 Å². The average molecular weight is 482 g/mol. The third kappa shape index (κ3) is 25.1. The van der Waals surface area contributed by atoms with Crippen molar-refractivity contribution in [3.8, 4) is 0 Å². The molecule has 0 N–H and O–H groups in total. The Morgan fingerprint density at radius 1 is 0.516 bits per heavy atom. The van der Waals surface area contributed by atoms with Crippen LogP contribution < -0.4 is 15.3 Å². The molecule has 0 spiro atoms. The predicted octanol–water partition coefficient (Wildman–Crippen LogP) is 2.86. The summed E-state index contributed by atoms with van der Waals surface area (Å²) in [5.74, 6) is -3.34. The second-order valence-electron chi connectivity index (χ2n) is 7.70. The van der Waals surface area contributed by atoms with Gasteiger partial charge in [0.05, 0.1) is 0 Å². The molecule has 0 aliphatic heterocycles. The first-order chi connectivity index (χ1) is 14.2. The van der Waals surface area contributed by atoms with Crippen LogP contribution in [0.25, 0.3) is 0 Å². The van der Waals surface area contributed by atoms with Crippen LogP contribution in [0.2, 0.25) is 0 Å². The van der Waals surface area contributed by atoms with E-state index < -0.39 is 17.9 Å². The summed E-state index contributed by atoms with van der Waals surface area (Å²) in [5, 5.41) is 31.0. The van der Waals surface area contributed by atoms with Gasteiger partial charge in [-0.05, 0) is 56.3 Å². The zero-order valence-electron chi connectivity index (χ0n) is 20.6. The van der Waals surface area contributed by atoms with Gasteiger partial charge in [-0.25, -0.2) is 0 Å². The number of unbranched alkanes of at least 4 members (excludes halogenated alkanes) is 3. The van der Waals surface area contributed by atoms with Crippen molar-refractivity contribution in [2.45, 2.75) is 119 Å². The first kappa shape index (κ1) is 37.3. The third-order valence-corrected chi connectivity index (χ3v) is 5.20. The molecular formula is C24H45CrO6-3. The molecule has 186 valence electrons. The molecule has 0 radical (unpaired) electrons. The summed E-state index contributed by atoms with van der Waals surface area (Å²) in [6.45, 7) is 11.8. The molecule has 0 rings (SSSR count). The van der Waals surface area contributed by atoms with Gasteiger partial charge in [-0.1, -0.05) is 80.1 Å². The van der Waals surface area contributed by atoms with Crippen molar-refractivity contribution in [3.63, 3.8) is 0 Å². The molecule has 7 heteroatoms. The predicted molar refractivity (Wildman–Crippen MR) is 115 cm³/mol. The average Bonchev–Trinajstić information content (AvgIpc) is 2.70. The van der Waals surface area contributed by atoms with E-state index in [-0.39, 0.29) is 35.1 Å². The van der Waals surface area contributed by atoms with Gasteiger partial charge in [0.15, 0.2) is 0 Å². The normalized spacial score (nSPS) is 12.6.